The molecule has 2 rings (SSSR count). The molecule has 0 atom stereocenters. The number of nitrogens with one attached hydrogen (secondary N) is 1. The highest BCUT2D eigenvalue weighted by Crippen LogP contribution is 2.27. The fraction of sp³-hybridized carbons (Fsp3) is 0.400. The third-order valence-electron chi connectivity index (χ3n) is 3.14. The molecule has 0 spiro atoms. The SMILES string of the molecule is CC(C)CN(C)Cc1c(C(=O)NN)oc2ccccc12. The fourth-order valence-electron chi connectivity index (χ4n) is 2.46. The number of nitrogens with two attached hydrogens (primary N) is 1. The van der Waals surface area contributed by atoms with Crippen molar-refractivity contribution in [2.75, 3.05) is 13.6 Å². The zero-order chi connectivity index (χ0) is 14.7. The molecule has 0 saturated carbocycles. The predicted octanol–water partition coefficient (Wildman–Crippen LogP) is 2.12. The molecule has 5 heteroatoms. The van der Waals surface area contributed by atoms with Crippen LogP contribution in [0.15, 0.2) is 28.7 Å². The maximum atomic E-state index is 11.9. The first-order chi connectivity index (χ1) is 9.52. The van der Waals surface area contributed by atoms with Crippen LogP contribution in [0.3, 0.4) is 0 Å². The first-order valence-corrected chi connectivity index (χ1v) is 6.72. The Morgan fingerprint density at radius 1 is 1.40 bits per heavy atom. The zero-order valence-corrected chi connectivity index (χ0v) is 12.1. The Morgan fingerprint density at radius 2 is 2.10 bits per heavy atom. The van der Waals surface area contributed by atoms with Crippen molar-refractivity contribution in [3.63, 3.8) is 0 Å². The van der Waals surface area contributed by atoms with Gasteiger partial charge in [0.2, 0.25) is 0 Å². The summed E-state index contributed by atoms with van der Waals surface area (Å²) in [6, 6.07) is 7.64. The fourth-order valence-corrected chi connectivity index (χ4v) is 2.46. The predicted molar refractivity (Wildman–Crippen MR) is 79.0 cm³/mol. The normalized spacial score (nSPS) is 11.5. The Labute approximate surface area is 118 Å². The smallest absolute Gasteiger partial charge is 0.301 e. The molecule has 0 aliphatic heterocycles. The number of rotatable bonds is 5. The van der Waals surface area contributed by atoms with E-state index < -0.39 is 5.91 Å². The molecule has 5 nitrogen and oxygen atoms in total. The van der Waals surface area contributed by atoms with Crippen LogP contribution in [0, 0.1) is 5.92 Å². The average Bonchev–Trinajstić information content (AvgIpc) is 2.76. The van der Waals surface area contributed by atoms with Gasteiger partial charge in [-0.15, -0.1) is 0 Å². The van der Waals surface area contributed by atoms with Crippen LogP contribution >= 0.6 is 0 Å². The molecule has 1 aromatic carbocycles. The van der Waals surface area contributed by atoms with E-state index in [1.807, 2.05) is 31.3 Å². The highest BCUT2D eigenvalue weighted by molar-refractivity contribution is 5.98. The van der Waals surface area contributed by atoms with E-state index >= 15 is 0 Å². The van der Waals surface area contributed by atoms with Gasteiger partial charge in [0.25, 0.3) is 0 Å². The second-order valence-electron chi connectivity index (χ2n) is 5.47. The third-order valence-corrected chi connectivity index (χ3v) is 3.14. The van der Waals surface area contributed by atoms with Gasteiger partial charge >= 0.3 is 5.91 Å². The van der Waals surface area contributed by atoms with Gasteiger partial charge in [0.05, 0.1) is 0 Å². The Morgan fingerprint density at radius 3 is 2.75 bits per heavy atom. The minimum Gasteiger partial charge on any atom is -0.451 e. The van der Waals surface area contributed by atoms with Gasteiger partial charge in [0, 0.05) is 24.0 Å². The number of fused-ring (bicyclic) bond motifs is 1. The summed E-state index contributed by atoms with van der Waals surface area (Å²) in [5.74, 6) is 5.69. The quantitative estimate of drug-likeness (QED) is 0.498. The van der Waals surface area contributed by atoms with E-state index in [0.29, 0.717) is 23.8 Å². The van der Waals surface area contributed by atoms with Crippen molar-refractivity contribution in [2.45, 2.75) is 20.4 Å². The number of carbonyl (C=O) groups excluding carboxylic acids is 1. The molecule has 0 aliphatic rings. The Bertz CT molecular complexity index is 604. The summed E-state index contributed by atoms with van der Waals surface area (Å²) in [7, 11) is 2.03. The van der Waals surface area contributed by atoms with E-state index in [4.69, 9.17) is 10.3 Å². The zero-order valence-electron chi connectivity index (χ0n) is 12.1. The van der Waals surface area contributed by atoms with Crippen LogP contribution in [-0.4, -0.2) is 24.4 Å². The molecule has 1 amide bonds. The second kappa shape index (κ2) is 6.07. The molecular weight excluding hydrogens is 254 g/mol. The number of benzene rings is 1. The molecule has 1 heterocycles. The number of hydrazine groups is 1. The van der Waals surface area contributed by atoms with E-state index in [1.165, 1.54) is 0 Å². The number of hydrogen-bond acceptors (Lipinski definition) is 4. The molecule has 20 heavy (non-hydrogen) atoms. The molecule has 108 valence electrons. The van der Waals surface area contributed by atoms with Crippen LogP contribution in [0.5, 0.6) is 0 Å². The van der Waals surface area contributed by atoms with Crippen molar-refractivity contribution in [3.05, 3.63) is 35.6 Å². The van der Waals surface area contributed by atoms with Crippen molar-refractivity contribution < 1.29 is 9.21 Å². The van der Waals surface area contributed by atoms with E-state index in [0.717, 1.165) is 17.5 Å². The maximum absolute atomic E-state index is 11.9. The molecule has 0 aliphatic carbocycles. The summed E-state index contributed by atoms with van der Waals surface area (Å²) >= 11 is 0. The molecular formula is C15H21N3O2. The van der Waals surface area contributed by atoms with Crippen molar-refractivity contribution >= 4 is 16.9 Å². The van der Waals surface area contributed by atoms with Gasteiger partial charge in [-0.25, -0.2) is 5.84 Å². The molecule has 0 saturated heterocycles. The lowest BCUT2D eigenvalue weighted by molar-refractivity contribution is 0.0925. The van der Waals surface area contributed by atoms with Crippen molar-refractivity contribution in [3.8, 4) is 0 Å². The van der Waals surface area contributed by atoms with Gasteiger partial charge in [-0.1, -0.05) is 32.0 Å². The van der Waals surface area contributed by atoms with E-state index in [1.54, 1.807) is 0 Å². The van der Waals surface area contributed by atoms with Gasteiger partial charge < -0.3 is 9.32 Å². The summed E-state index contributed by atoms with van der Waals surface area (Å²) < 4.78 is 5.64. The van der Waals surface area contributed by atoms with Crippen LogP contribution in [0.25, 0.3) is 11.0 Å². The largest absolute Gasteiger partial charge is 0.451 e. The highest BCUT2D eigenvalue weighted by atomic mass is 16.3. The summed E-state index contributed by atoms with van der Waals surface area (Å²) in [5, 5.41) is 0.960. The summed E-state index contributed by atoms with van der Waals surface area (Å²) in [4.78, 5) is 14.0. The highest BCUT2D eigenvalue weighted by Gasteiger charge is 2.20. The molecule has 1 aromatic heterocycles. The van der Waals surface area contributed by atoms with Gasteiger partial charge in [-0.05, 0) is 19.0 Å². The van der Waals surface area contributed by atoms with E-state index in [9.17, 15) is 4.79 Å². The lowest BCUT2D eigenvalue weighted by Crippen LogP contribution is -2.31. The number of hydrogen-bond donors (Lipinski definition) is 2. The standard InChI is InChI=1S/C15H21N3O2/c1-10(2)8-18(3)9-12-11-6-4-5-7-13(11)20-14(12)15(19)17-16/h4-7,10H,8-9,16H2,1-3H3,(H,17,19). The lowest BCUT2D eigenvalue weighted by atomic mass is 10.1. The number of nitrogen functional groups attached to an aromatic ring is 1. The van der Waals surface area contributed by atoms with Gasteiger partial charge in [-0.3, -0.25) is 10.2 Å². The first kappa shape index (κ1) is 14.6. The maximum Gasteiger partial charge on any atom is 0.301 e. The minimum atomic E-state index is -0.394. The summed E-state index contributed by atoms with van der Waals surface area (Å²) in [5.41, 5.74) is 3.73. The molecule has 0 bridgehead atoms. The Kier molecular flexibility index (Phi) is 4.42. The molecule has 0 radical (unpaired) electrons. The summed E-state index contributed by atoms with van der Waals surface area (Å²) in [6.07, 6.45) is 0. The van der Waals surface area contributed by atoms with Crippen LogP contribution < -0.4 is 11.3 Å². The topological polar surface area (TPSA) is 71.5 Å². The van der Waals surface area contributed by atoms with E-state index in [2.05, 4.69) is 24.2 Å². The summed E-state index contributed by atoms with van der Waals surface area (Å²) in [6.45, 7) is 5.93. The van der Waals surface area contributed by atoms with Gasteiger partial charge in [0.1, 0.15) is 5.58 Å². The van der Waals surface area contributed by atoms with Gasteiger partial charge in [-0.2, -0.15) is 0 Å². The number of carbonyl (C=O) groups is 1. The number of para-hydroxylation sites is 1. The lowest BCUT2D eigenvalue weighted by Gasteiger charge is -2.18. The third kappa shape index (κ3) is 3.00. The minimum absolute atomic E-state index is 0.296. The van der Waals surface area contributed by atoms with Crippen LogP contribution in [0.2, 0.25) is 0 Å². The number of furan rings is 1. The van der Waals surface area contributed by atoms with Crippen molar-refractivity contribution in [1.29, 1.82) is 0 Å². The van der Waals surface area contributed by atoms with E-state index in [-0.39, 0.29) is 0 Å². The molecule has 0 fully saturated rings. The Balaban J connectivity index is 2.40. The van der Waals surface area contributed by atoms with Crippen LogP contribution in [0.1, 0.15) is 30.0 Å². The second-order valence-corrected chi connectivity index (χ2v) is 5.47. The van der Waals surface area contributed by atoms with Crippen LogP contribution in [-0.2, 0) is 6.54 Å². The number of nitrogens with zero attached hydrogens (tertiary/aromatic N) is 1. The number of amides is 1. The molecule has 2 aromatic rings. The van der Waals surface area contributed by atoms with Crippen LogP contribution in [0.4, 0.5) is 0 Å². The van der Waals surface area contributed by atoms with Crippen molar-refractivity contribution in [1.82, 2.24) is 10.3 Å². The van der Waals surface area contributed by atoms with Gasteiger partial charge in [0.15, 0.2) is 5.76 Å². The Hall–Kier alpha value is -1.85. The molecule has 3 N–H and O–H groups in total. The van der Waals surface area contributed by atoms with Crippen molar-refractivity contribution in [2.24, 2.45) is 11.8 Å². The molecule has 0 unspecified atom stereocenters. The average molecular weight is 275 g/mol. The first-order valence-electron chi connectivity index (χ1n) is 6.72. The monoisotopic (exact) mass is 275 g/mol.